The van der Waals surface area contributed by atoms with Crippen molar-refractivity contribution in [1.82, 2.24) is 0 Å². The lowest BCUT2D eigenvalue weighted by atomic mass is 9.96. The lowest BCUT2D eigenvalue weighted by Gasteiger charge is -2.15. The number of benzene rings is 2. The fourth-order valence-corrected chi connectivity index (χ4v) is 2.87. The Bertz CT molecular complexity index is 1060. The zero-order valence-corrected chi connectivity index (χ0v) is 17.0. The molecule has 0 saturated carbocycles. The lowest BCUT2D eigenvalue weighted by molar-refractivity contribution is -0.151. The van der Waals surface area contributed by atoms with Gasteiger partial charge in [-0.25, -0.2) is 4.79 Å². The van der Waals surface area contributed by atoms with Crippen LogP contribution in [-0.2, 0) is 30.5 Å². The summed E-state index contributed by atoms with van der Waals surface area (Å²) in [5, 5.41) is 0. The van der Waals surface area contributed by atoms with Gasteiger partial charge in [0, 0.05) is 6.08 Å². The smallest absolute Gasteiger partial charge is 0.337 e. The summed E-state index contributed by atoms with van der Waals surface area (Å²) in [6.45, 7) is 1.79. The monoisotopic (exact) mass is 420 g/mol. The Morgan fingerprint density at radius 2 is 1.71 bits per heavy atom. The van der Waals surface area contributed by atoms with Gasteiger partial charge in [-0.1, -0.05) is 30.3 Å². The number of methoxy groups -OCH3 is 1. The highest BCUT2D eigenvalue weighted by Gasteiger charge is 2.36. The third-order valence-electron chi connectivity index (χ3n) is 4.51. The number of cyclic esters (lactones) is 1. The van der Waals surface area contributed by atoms with Crippen molar-refractivity contribution in [2.24, 2.45) is 5.92 Å². The number of rotatable bonds is 7. The second-order valence-electron chi connectivity index (χ2n) is 6.79. The maximum absolute atomic E-state index is 12.2. The molecule has 2 aromatic rings. The second-order valence-corrected chi connectivity index (χ2v) is 6.79. The summed E-state index contributed by atoms with van der Waals surface area (Å²) in [7, 11) is 1.33. The number of esters is 2. The van der Waals surface area contributed by atoms with Crippen LogP contribution in [0.25, 0.3) is 6.08 Å². The summed E-state index contributed by atoms with van der Waals surface area (Å²) in [5.74, 6) is -3.12. The average Bonchev–Trinajstić information content (AvgIpc) is 2.76. The van der Waals surface area contributed by atoms with Gasteiger partial charge in [-0.2, -0.15) is 0 Å². The maximum Gasteiger partial charge on any atom is 0.337 e. The predicted molar refractivity (Wildman–Crippen MR) is 111 cm³/mol. The van der Waals surface area contributed by atoms with Crippen LogP contribution >= 0.6 is 0 Å². The molecule has 2 aromatic carbocycles. The molecule has 158 valence electrons. The van der Waals surface area contributed by atoms with Crippen LogP contribution in [0.1, 0.15) is 28.4 Å². The van der Waals surface area contributed by atoms with Crippen LogP contribution in [0.3, 0.4) is 0 Å². The topological polar surface area (TPSA) is 96.0 Å². The number of ketones is 2. The highest BCUT2D eigenvalue weighted by Crippen LogP contribution is 2.18. The van der Waals surface area contributed by atoms with Crippen molar-refractivity contribution < 1.29 is 33.4 Å². The van der Waals surface area contributed by atoms with E-state index in [4.69, 9.17) is 9.47 Å². The summed E-state index contributed by atoms with van der Waals surface area (Å²) in [5.41, 5.74) is 2.05. The van der Waals surface area contributed by atoms with Crippen LogP contribution in [0.15, 0.2) is 66.4 Å². The van der Waals surface area contributed by atoms with Crippen molar-refractivity contribution in [2.45, 2.75) is 13.5 Å². The van der Waals surface area contributed by atoms with E-state index in [9.17, 15) is 19.2 Å². The first-order valence-electron chi connectivity index (χ1n) is 9.43. The fourth-order valence-electron chi connectivity index (χ4n) is 2.87. The maximum atomic E-state index is 12.2. The number of hydrogen-bond donors (Lipinski definition) is 0. The van der Waals surface area contributed by atoms with Gasteiger partial charge < -0.3 is 14.2 Å². The molecule has 0 N–H and O–H groups in total. The molecule has 0 amide bonds. The zero-order valence-electron chi connectivity index (χ0n) is 17.0. The Morgan fingerprint density at radius 3 is 2.32 bits per heavy atom. The molecule has 1 heterocycles. The first kappa shape index (κ1) is 21.7. The molecule has 0 aromatic heterocycles. The van der Waals surface area contributed by atoms with Gasteiger partial charge in [-0.3, -0.25) is 14.4 Å². The summed E-state index contributed by atoms with van der Waals surface area (Å²) < 4.78 is 15.2. The second kappa shape index (κ2) is 9.67. The van der Waals surface area contributed by atoms with Crippen LogP contribution < -0.4 is 4.74 Å². The molecule has 1 aliphatic heterocycles. The number of allylic oxidation sites excluding steroid dienone is 3. The SMILES string of the molecule is COC(=O)c1ccc(COc2ccc(/C=C/C(=O)C3C(=O)C=C(C)OC3=O)cc2)cc1. The normalized spacial score (nSPS) is 15.9. The van der Waals surface area contributed by atoms with E-state index in [0.29, 0.717) is 23.5 Å². The van der Waals surface area contributed by atoms with Gasteiger partial charge in [0.05, 0.1) is 12.7 Å². The predicted octanol–water partition coefficient (Wildman–Crippen LogP) is 3.28. The number of carbonyl (C=O) groups excluding carboxylic acids is 4. The van der Waals surface area contributed by atoms with Gasteiger partial charge in [0.2, 0.25) is 0 Å². The minimum atomic E-state index is -1.45. The molecular formula is C24H20O7. The molecule has 0 bridgehead atoms. The molecule has 7 heteroatoms. The van der Waals surface area contributed by atoms with E-state index in [1.165, 1.54) is 26.2 Å². The van der Waals surface area contributed by atoms with Gasteiger partial charge in [0.25, 0.3) is 0 Å². The highest BCUT2D eigenvalue weighted by atomic mass is 16.5. The first-order valence-corrected chi connectivity index (χ1v) is 9.43. The van der Waals surface area contributed by atoms with Crippen molar-refractivity contribution in [3.05, 3.63) is 83.1 Å². The van der Waals surface area contributed by atoms with E-state index < -0.39 is 29.4 Å². The van der Waals surface area contributed by atoms with E-state index >= 15 is 0 Å². The fraction of sp³-hybridized carbons (Fsp3) is 0.167. The molecule has 3 rings (SSSR count). The number of carbonyl (C=O) groups is 4. The molecule has 7 nitrogen and oxygen atoms in total. The third kappa shape index (κ3) is 5.54. The van der Waals surface area contributed by atoms with Crippen molar-refractivity contribution in [3.8, 4) is 5.75 Å². The quantitative estimate of drug-likeness (QED) is 0.385. The van der Waals surface area contributed by atoms with Crippen molar-refractivity contribution in [2.75, 3.05) is 7.11 Å². The van der Waals surface area contributed by atoms with Crippen LogP contribution in [0, 0.1) is 5.92 Å². The van der Waals surface area contributed by atoms with Crippen molar-refractivity contribution in [3.63, 3.8) is 0 Å². The van der Waals surface area contributed by atoms with Crippen LogP contribution in [0.4, 0.5) is 0 Å². The number of ether oxygens (including phenoxy) is 3. The summed E-state index contributed by atoms with van der Waals surface area (Å²) in [4.78, 5) is 47.4. The van der Waals surface area contributed by atoms with Gasteiger partial charge in [0.1, 0.15) is 18.1 Å². The largest absolute Gasteiger partial charge is 0.489 e. The first-order chi connectivity index (χ1) is 14.9. The van der Waals surface area contributed by atoms with E-state index in [2.05, 4.69) is 4.74 Å². The molecule has 1 unspecified atom stereocenters. The zero-order chi connectivity index (χ0) is 22.4. The van der Waals surface area contributed by atoms with Crippen molar-refractivity contribution >= 4 is 29.6 Å². The van der Waals surface area contributed by atoms with E-state index in [-0.39, 0.29) is 5.76 Å². The lowest BCUT2D eigenvalue weighted by Crippen LogP contribution is -2.34. The molecule has 0 radical (unpaired) electrons. The summed E-state index contributed by atoms with van der Waals surface area (Å²) in [6, 6.07) is 13.8. The third-order valence-corrected chi connectivity index (χ3v) is 4.51. The molecular weight excluding hydrogens is 400 g/mol. The van der Waals surface area contributed by atoms with Crippen LogP contribution in [0.2, 0.25) is 0 Å². The van der Waals surface area contributed by atoms with Gasteiger partial charge in [0.15, 0.2) is 17.5 Å². The Balaban J connectivity index is 1.56. The molecule has 1 atom stereocenters. The highest BCUT2D eigenvalue weighted by molar-refractivity contribution is 6.25. The summed E-state index contributed by atoms with van der Waals surface area (Å²) >= 11 is 0. The molecule has 0 spiro atoms. The molecule has 0 saturated heterocycles. The van der Waals surface area contributed by atoms with E-state index in [0.717, 1.165) is 11.6 Å². The molecule has 31 heavy (non-hydrogen) atoms. The average molecular weight is 420 g/mol. The standard InChI is InChI=1S/C24H20O7/c1-15-13-21(26)22(24(28)31-15)20(25)12-7-16-5-10-19(11-6-16)30-14-17-3-8-18(9-4-17)23(27)29-2/h3-13,22H,14H2,1-2H3/b12-7+. The van der Waals surface area contributed by atoms with Crippen molar-refractivity contribution in [1.29, 1.82) is 0 Å². The Hall–Kier alpha value is -4.00. The summed E-state index contributed by atoms with van der Waals surface area (Å²) in [6.07, 6.45) is 3.85. The molecule has 1 aliphatic rings. The Kier molecular flexibility index (Phi) is 6.77. The molecule has 0 aliphatic carbocycles. The van der Waals surface area contributed by atoms with Gasteiger partial charge in [-0.15, -0.1) is 0 Å². The number of hydrogen-bond acceptors (Lipinski definition) is 7. The van der Waals surface area contributed by atoms with Gasteiger partial charge >= 0.3 is 11.9 Å². The van der Waals surface area contributed by atoms with Crippen LogP contribution in [-0.4, -0.2) is 30.6 Å². The Labute approximate surface area is 178 Å². The molecule has 0 fully saturated rings. The van der Waals surface area contributed by atoms with E-state index in [1.807, 2.05) is 0 Å². The van der Waals surface area contributed by atoms with Gasteiger partial charge in [-0.05, 0) is 48.4 Å². The minimum Gasteiger partial charge on any atom is -0.489 e. The minimum absolute atomic E-state index is 0.179. The van der Waals surface area contributed by atoms with Crippen LogP contribution in [0.5, 0.6) is 5.75 Å². The van der Waals surface area contributed by atoms with E-state index in [1.54, 1.807) is 48.5 Å². The Morgan fingerprint density at radius 1 is 1.03 bits per heavy atom.